The van der Waals surface area contributed by atoms with Crippen LogP contribution in [0.4, 0.5) is 0 Å². The number of amides is 1. The Morgan fingerprint density at radius 2 is 1.93 bits per heavy atom. The van der Waals surface area contributed by atoms with E-state index in [4.69, 9.17) is 0 Å². The second kappa shape index (κ2) is 8.58. The highest BCUT2D eigenvalue weighted by atomic mass is 32.1. The first kappa shape index (κ1) is 19.3. The predicted octanol–water partition coefficient (Wildman–Crippen LogP) is 4.12. The second-order valence-corrected chi connectivity index (χ2v) is 9.07. The lowest BCUT2D eigenvalue weighted by atomic mass is 9.94. The summed E-state index contributed by atoms with van der Waals surface area (Å²) in [4.78, 5) is 30.0. The van der Waals surface area contributed by atoms with Crippen molar-refractivity contribution in [2.75, 3.05) is 26.2 Å². The summed E-state index contributed by atoms with van der Waals surface area (Å²) in [7, 11) is 0. The van der Waals surface area contributed by atoms with Crippen molar-refractivity contribution >= 4 is 23.0 Å². The molecule has 28 heavy (non-hydrogen) atoms. The van der Waals surface area contributed by atoms with Gasteiger partial charge < -0.3 is 9.80 Å². The Kier molecular flexibility index (Phi) is 5.93. The Hall–Kier alpha value is -1.98. The Morgan fingerprint density at radius 1 is 1.11 bits per heavy atom. The average molecular weight is 397 g/mol. The van der Waals surface area contributed by atoms with Crippen molar-refractivity contribution in [3.63, 3.8) is 0 Å². The molecule has 2 atom stereocenters. The smallest absolute Gasteiger partial charge is 0.255 e. The number of nitrogens with zero attached hydrogens (tertiary/aromatic N) is 2. The Bertz CT molecular complexity index is 832. The van der Waals surface area contributed by atoms with Gasteiger partial charge in [0.1, 0.15) is 0 Å². The molecule has 4 nitrogen and oxygen atoms in total. The number of carbonyl (C=O) groups excluding carboxylic acids is 2. The minimum absolute atomic E-state index is 0.0334. The van der Waals surface area contributed by atoms with Crippen molar-refractivity contribution in [1.82, 2.24) is 9.80 Å². The minimum atomic E-state index is 0.0334. The molecule has 0 spiro atoms. The summed E-state index contributed by atoms with van der Waals surface area (Å²) in [5, 5.41) is 1.84. The quantitative estimate of drug-likeness (QED) is 0.690. The monoisotopic (exact) mass is 396 g/mol. The van der Waals surface area contributed by atoms with E-state index in [1.165, 1.54) is 23.3 Å². The van der Waals surface area contributed by atoms with Crippen molar-refractivity contribution in [2.24, 2.45) is 5.92 Å². The maximum atomic E-state index is 13.1. The molecular formula is C23H28N2O2S. The van der Waals surface area contributed by atoms with E-state index in [2.05, 4.69) is 40.1 Å². The number of ketones is 1. The summed E-state index contributed by atoms with van der Waals surface area (Å²) in [6.45, 7) is 5.57. The molecule has 1 aromatic carbocycles. The lowest BCUT2D eigenvalue weighted by Crippen LogP contribution is -2.47. The molecule has 5 heteroatoms. The van der Waals surface area contributed by atoms with Crippen molar-refractivity contribution < 1.29 is 9.59 Å². The summed E-state index contributed by atoms with van der Waals surface area (Å²) < 4.78 is 0. The number of hydrogen-bond donors (Lipinski definition) is 0. The van der Waals surface area contributed by atoms with Crippen molar-refractivity contribution in [3.05, 3.63) is 57.8 Å². The van der Waals surface area contributed by atoms with Crippen LogP contribution >= 0.6 is 11.3 Å². The molecule has 148 valence electrons. The van der Waals surface area contributed by atoms with E-state index in [1.807, 2.05) is 5.38 Å². The summed E-state index contributed by atoms with van der Waals surface area (Å²) in [6.07, 6.45) is 4.57. The van der Waals surface area contributed by atoms with Crippen LogP contribution in [0.5, 0.6) is 0 Å². The third kappa shape index (κ3) is 4.36. The fourth-order valence-electron chi connectivity index (χ4n) is 4.56. The van der Waals surface area contributed by atoms with E-state index < -0.39 is 0 Å². The molecule has 2 bridgehead atoms. The molecule has 4 heterocycles. The largest absolute Gasteiger partial charge is 0.334 e. The standard InChI is InChI=1S/C23H28N2O2S/c1-17(26)22-12-20(16-28-22)23(27)25-14-19-9-10-21(25)15-24(13-19)11-5-8-18-6-3-2-4-7-18/h2-4,6-7,12,16,19,21H,5,8-11,13-15H2,1H3/t19-,21+/m0/s1. The maximum Gasteiger partial charge on any atom is 0.255 e. The number of rotatable bonds is 6. The maximum absolute atomic E-state index is 13.1. The van der Waals surface area contributed by atoms with Gasteiger partial charge in [0.05, 0.1) is 10.4 Å². The average Bonchev–Trinajstić information content (AvgIpc) is 3.04. The first-order valence-corrected chi connectivity index (χ1v) is 11.1. The van der Waals surface area contributed by atoms with Gasteiger partial charge >= 0.3 is 0 Å². The zero-order chi connectivity index (χ0) is 19.5. The van der Waals surface area contributed by atoms with Crippen molar-refractivity contribution in [2.45, 2.75) is 38.6 Å². The molecule has 1 aromatic heterocycles. The molecule has 1 amide bonds. The Balaban J connectivity index is 1.37. The molecule has 3 fully saturated rings. The van der Waals surface area contributed by atoms with Gasteiger partial charge in [0.15, 0.2) is 5.78 Å². The number of fused-ring (bicyclic) bond motifs is 4. The van der Waals surface area contributed by atoms with Crippen LogP contribution in [-0.2, 0) is 6.42 Å². The van der Waals surface area contributed by atoms with Gasteiger partial charge in [0.25, 0.3) is 5.91 Å². The Morgan fingerprint density at radius 3 is 2.68 bits per heavy atom. The number of aryl methyl sites for hydroxylation is 1. The van der Waals surface area contributed by atoms with Crippen LogP contribution in [0, 0.1) is 5.92 Å². The number of benzene rings is 1. The molecule has 5 rings (SSSR count). The minimum Gasteiger partial charge on any atom is -0.334 e. The lowest BCUT2D eigenvalue weighted by Gasteiger charge is -2.36. The van der Waals surface area contributed by atoms with Gasteiger partial charge in [-0.05, 0) is 56.7 Å². The molecule has 3 aliphatic heterocycles. The molecule has 3 saturated heterocycles. The fraction of sp³-hybridized carbons (Fsp3) is 0.478. The number of piperidine rings is 1. The molecule has 0 saturated carbocycles. The Labute approximate surface area is 171 Å². The highest BCUT2D eigenvalue weighted by Gasteiger charge is 2.37. The highest BCUT2D eigenvalue weighted by Crippen LogP contribution is 2.30. The van der Waals surface area contributed by atoms with Crippen LogP contribution in [0.2, 0.25) is 0 Å². The van der Waals surface area contributed by atoms with E-state index in [0.717, 1.165) is 45.4 Å². The molecule has 0 N–H and O–H groups in total. The first-order valence-electron chi connectivity index (χ1n) is 10.3. The third-order valence-electron chi connectivity index (χ3n) is 6.03. The molecule has 0 unspecified atom stereocenters. The summed E-state index contributed by atoms with van der Waals surface area (Å²) in [5.41, 5.74) is 2.08. The van der Waals surface area contributed by atoms with E-state index >= 15 is 0 Å². The van der Waals surface area contributed by atoms with Crippen LogP contribution in [0.25, 0.3) is 0 Å². The van der Waals surface area contributed by atoms with Gasteiger partial charge in [0, 0.05) is 31.1 Å². The summed E-state index contributed by atoms with van der Waals surface area (Å²) >= 11 is 1.38. The number of thiophene rings is 1. The van der Waals surface area contributed by atoms with E-state index in [-0.39, 0.29) is 11.7 Å². The van der Waals surface area contributed by atoms with E-state index in [0.29, 0.717) is 22.4 Å². The van der Waals surface area contributed by atoms with Gasteiger partial charge in [-0.3, -0.25) is 9.59 Å². The van der Waals surface area contributed by atoms with Gasteiger partial charge in [0.2, 0.25) is 0 Å². The van der Waals surface area contributed by atoms with Crippen LogP contribution in [0.3, 0.4) is 0 Å². The fourth-order valence-corrected chi connectivity index (χ4v) is 5.34. The number of hydrogen-bond acceptors (Lipinski definition) is 4. The molecule has 0 radical (unpaired) electrons. The highest BCUT2D eigenvalue weighted by molar-refractivity contribution is 7.12. The van der Waals surface area contributed by atoms with Crippen LogP contribution in [0.1, 0.15) is 51.8 Å². The zero-order valence-corrected chi connectivity index (χ0v) is 17.3. The summed E-state index contributed by atoms with van der Waals surface area (Å²) in [5.74, 6) is 0.695. The van der Waals surface area contributed by atoms with Crippen LogP contribution in [0.15, 0.2) is 41.8 Å². The van der Waals surface area contributed by atoms with Crippen molar-refractivity contribution in [1.29, 1.82) is 0 Å². The topological polar surface area (TPSA) is 40.6 Å². The van der Waals surface area contributed by atoms with Crippen LogP contribution < -0.4 is 0 Å². The zero-order valence-electron chi connectivity index (χ0n) is 16.5. The first-order chi connectivity index (χ1) is 13.6. The summed E-state index contributed by atoms with van der Waals surface area (Å²) in [6, 6.07) is 12.7. The van der Waals surface area contributed by atoms with Gasteiger partial charge in [-0.15, -0.1) is 11.3 Å². The van der Waals surface area contributed by atoms with Crippen LogP contribution in [-0.4, -0.2) is 53.7 Å². The molecule has 0 aliphatic carbocycles. The number of carbonyl (C=O) groups is 2. The second-order valence-electron chi connectivity index (χ2n) is 8.16. The number of Topliss-reactive ketones (excluding diaryl/α,β-unsaturated/α-hetero) is 1. The van der Waals surface area contributed by atoms with E-state index in [1.54, 1.807) is 13.0 Å². The lowest BCUT2D eigenvalue weighted by molar-refractivity contribution is 0.0586. The SMILES string of the molecule is CC(=O)c1cc(C(=O)N2C[C@H]3CC[C@@H]2CN(CCCc2ccccc2)C3)cs1. The van der Waals surface area contributed by atoms with Crippen molar-refractivity contribution in [3.8, 4) is 0 Å². The van der Waals surface area contributed by atoms with E-state index in [9.17, 15) is 9.59 Å². The third-order valence-corrected chi connectivity index (χ3v) is 7.06. The van der Waals surface area contributed by atoms with Gasteiger partial charge in [-0.1, -0.05) is 30.3 Å². The normalized spacial score (nSPS) is 22.2. The van der Waals surface area contributed by atoms with Gasteiger partial charge in [-0.25, -0.2) is 0 Å². The molecular weight excluding hydrogens is 368 g/mol. The predicted molar refractivity (Wildman–Crippen MR) is 113 cm³/mol. The molecule has 2 aromatic rings. The molecule has 3 aliphatic rings. The van der Waals surface area contributed by atoms with Gasteiger partial charge in [-0.2, -0.15) is 0 Å².